The number of hydrogen-bond donors (Lipinski definition) is 0. The van der Waals surface area contributed by atoms with Crippen LogP contribution < -0.4 is 4.74 Å². The first-order chi connectivity index (χ1) is 11.3. The van der Waals surface area contributed by atoms with Crippen LogP contribution >= 0.6 is 0 Å². The highest BCUT2D eigenvalue weighted by molar-refractivity contribution is 5.85. The number of methoxy groups -OCH3 is 1. The van der Waals surface area contributed by atoms with Gasteiger partial charge in [-0.15, -0.1) is 0 Å². The van der Waals surface area contributed by atoms with Crippen LogP contribution in [0.5, 0.6) is 5.75 Å². The summed E-state index contributed by atoms with van der Waals surface area (Å²) in [5.74, 6) is 0.899. The average Bonchev–Trinajstić information content (AvgIpc) is 2.62. The highest BCUT2D eigenvalue weighted by Gasteiger charge is 2.14. The zero-order chi connectivity index (χ0) is 15.9. The number of benzene rings is 2. The van der Waals surface area contributed by atoms with Crippen LogP contribution in [0.25, 0.3) is 0 Å². The number of hydrogen-bond acceptors (Lipinski definition) is 3. The Balaban J connectivity index is 1.48. The van der Waals surface area contributed by atoms with Crippen molar-refractivity contribution in [1.29, 1.82) is 0 Å². The average molecular weight is 308 g/mol. The van der Waals surface area contributed by atoms with Gasteiger partial charge in [0.2, 0.25) is 0 Å². The molecule has 0 atom stereocenters. The van der Waals surface area contributed by atoms with Gasteiger partial charge >= 0.3 is 0 Å². The van der Waals surface area contributed by atoms with Crippen LogP contribution in [0.4, 0.5) is 0 Å². The Kier molecular flexibility index (Phi) is 5.43. The molecule has 0 unspecified atom stereocenters. The molecule has 1 saturated heterocycles. The van der Waals surface area contributed by atoms with Gasteiger partial charge in [-0.2, -0.15) is 0 Å². The summed E-state index contributed by atoms with van der Waals surface area (Å²) in [6.45, 7) is 4.04. The number of rotatable bonds is 5. The normalized spacial score (nSPS) is 15.4. The van der Waals surface area contributed by atoms with Crippen LogP contribution in [-0.2, 0) is 13.1 Å². The summed E-state index contributed by atoms with van der Waals surface area (Å²) in [7, 11) is 1.69. The van der Waals surface area contributed by atoms with Crippen molar-refractivity contribution in [2.24, 2.45) is 4.99 Å². The first-order valence-corrected chi connectivity index (χ1v) is 8.25. The minimum atomic E-state index is 0.776. The van der Waals surface area contributed by atoms with Crippen molar-refractivity contribution < 1.29 is 4.74 Å². The van der Waals surface area contributed by atoms with Crippen LogP contribution in [0, 0.1) is 0 Å². The van der Waals surface area contributed by atoms with E-state index in [0.717, 1.165) is 44.8 Å². The van der Waals surface area contributed by atoms with Gasteiger partial charge in [0.25, 0.3) is 0 Å². The van der Waals surface area contributed by atoms with E-state index in [0.29, 0.717) is 0 Å². The Labute approximate surface area is 138 Å². The monoisotopic (exact) mass is 308 g/mol. The zero-order valence-electron chi connectivity index (χ0n) is 13.7. The SMILES string of the molecule is COc1ccc(CN=C2CCN(Cc3ccccc3)CC2)cc1. The summed E-state index contributed by atoms with van der Waals surface area (Å²) in [5, 5.41) is 0. The number of likely N-dealkylation sites (tertiary alicyclic amines) is 1. The number of ether oxygens (including phenoxy) is 1. The van der Waals surface area contributed by atoms with Crippen LogP contribution in [-0.4, -0.2) is 30.8 Å². The lowest BCUT2D eigenvalue weighted by Gasteiger charge is -2.27. The summed E-state index contributed by atoms with van der Waals surface area (Å²) in [5.41, 5.74) is 3.99. The van der Waals surface area contributed by atoms with E-state index < -0.39 is 0 Å². The van der Waals surface area contributed by atoms with Gasteiger partial charge < -0.3 is 4.74 Å². The van der Waals surface area contributed by atoms with E-state index in [4.69, 9.17) is 9.73 Å². The van der Waals surface area contributed by atoms with Crippen molar-refractivity contribution in [1.82, 2.24) is 4.90 Å². The molecule has 0 N–H and O–H groups in total. The molecule has 0 bridgehead atoms. The fourth-order valence-corrected chi connectivity index (χ4v) is 2.90. The van der Waals surface area contributed by atoms with Crippen molar-refractivity contribution in [2.45, 2.75) is 25.9 Å². The summed E-state index contributed by atoms with van der Waals surface area (Å²) in [6, 6.07) is 18.9. The molecule has 0 spiro atoms. The molecule has 1 fully saturated rings. The van der Waals surface area contributed by atoms with Crippen molar-refractivity contribution >= 4 is 5.71 Å². The summed E-state index contributed by atoms with van der Waals surface area (Å²) >= 11 is 0. The highest BCUT2D eigenvalue weighted by atomic mass is 16.5. The Morgan fingerprint density at radius 1 is 0.913 bits per heavy atom. The van der Waals surface area contributed by atoms with Crippen molar-refractivity contribution in [2.75, 3.05) is 20.2 Å². The zero-order valence-corrected chi connectivity index (χ0v) is 13.7. The standard InChI is InChI=1S/C20H24N2O/c1-23-20-9-7-17(8-10-20)15-21-19-11-13-22(14-12-19)16-18-5-3-2-4-6-18/h2-10H,11-16H2,1H3. The van der Waals surface area contributed by atoms with E-state index >= 15 is 0 Å². The summed E-state index contributed by atoms with van der Waals surface area (Å²) in [6.07, 6.45) is 2.17. The summed E-state index contributed by atoms with van der Waals surface area (Å²) < 4.78 is 5.18. The molecule has 2 aromatic carbocycles. The highest BCUT2D eigenvalue weighted by Crippen LogP contribution is 2.15. The molecule has 0 amide bonds. The fourth-order valence-electron chi connectivity index (χ4n) is 2.90. The molecule has 0 aromatic heterocycles. The van der Waals surface area contributed by atoms with Crippen LogP contribution in [0.3, 0.4) is 0 Å². The molecule has 120 valence electrons. The molecular formula is C20H24N2O. The largest absolute Gasteiger partial charge is 0.497 e. The number of aliphatic imine (C=N–C) groups is 1. The first-order valence-electron chi connectivity index (χ1n) is 8.25. The minimum absolute atomic E-state index is 0.776. The lowest BCUT2D eigenvalue weighted by atomic mass is 10.1. The second kappa shape index (κ2) is 7.93. The van der Waals surface area contributed by atoms with Gasteiger partial charge in [-0.05, 0) is 36.1 Å². The number of nitrogens with zero attached hydrogens (tertiary/aromatic N) is 2. The van der Waals surface area contributed by atoms with E-state index in [1.165, 1.54) is 16.8 Å². The van der Waals surface area contributed by atoms with Crippen molar-refractivity contribution in [3.8, 4) is 5.75 Å². The van der Waals surface area contributed by atoms with Gasteiger partial charge in [-0.1, -0.05) is 42.5 Å². The van der Waals surface area contributed by atoms with Gasteiger partial charge in [0.1, 0.15) is 5.75 Å². The van der Waals surface area contributed by atoms with E-state index in [-0.39, 0.29) is 0 Å². The maximum Gasteiger partial charge on any atom is 0.118 e. The molecule has 0 saturated carbocycles. The van der Waals surface area contributed by atoms with Gasteiger partial charge in [0.05, 0.1) is 13.7 Å². The van der Waals surface area contributed by atoms with Gasteiger partial charge in [0, 0.05) is 25.3 Å². The lowest BCUT2D eigenvalue weighted by molar-refractivity contribution is 0.266. The molecule has 3 rings (SSSR count). The molecule has 0 radical (unpaired) electrons. The van der Waals surface area contributed by atoms with Gasteiger partial charge in [0.15, 0.2) is 0 Å². The second-order valence-electron chi connectivity index (χ2n) is 5.99. The van der Waals surface area contributed by atoms with E-state index in [9.17, 15) is 0 Å². The summed E-state index contributed by atoms with van der Waals surface area (Å²) in [4.78, 5) is 7.32. The smallest absolute Gasteiger partial charge is 0.118 e. The molecule has 3 heteroatoms. The Bertz CT molecular complexity index is 624. The van der Waals surface area contributed by atoms with Crippen molar-refractivity contribution in [3.63, 3.8) is 0 Å². The molecule has 1 aliphatic heterocycles. The van der Waals surface area contributed by atoms with E-state index in [1.54, 1.807) is 7.11 Å². The van der Waals surface area contributed by atoms with Crippen LogP contribution in [0.2, 0.25) is 0 Å². The number of piperidine rings is 1. The fraction of sp³-hybridized carbons (Fsp3) is 0.350. The molecule has 2 aromatic rings. The molecular weight excluding hydrogens is 284 g/mol. The predicted molar refractivity (Wildman–Crippen MR) is 95.1 cm³/mol. The third-order valence-corrected chi connectivity index (χ3v) is 4.33. The maximum absolute atomic E-state index is 5.18. The van der Waals surface area contributed by atoms with Crippen LogP contribution in [0.15, 0.2) is 59.6 Å². The Morgan fingerprint density at radius 3 is 2.26 bits per heavy atom. The van der Waals surface area contributed by atoms with Crippen molar-refractivity contribution in [3.05, 3.63) is 65.7 Å². The minimum Gasteiger partial charge on any atom is -0.497 e. The third kappa shape index (κ3) is 4.67. The Hall–Kier alpha value is -2.13. The van der Waals surface area contributed by atoms with E-state index in [1.807, 2.05) is 12.1 Å². The molecule has 0 aliphatic carbocycles. The molecule has 1 heterocycles. The predicted octanol–water partition coefficient (Wildman–Crippen LogP) is 3.93. The second-order valence-corrected chi connectivity index (χ2v) is 5.99. The van der Waals surface area contributed by atoms with Gasteiger partial charge in [-0.25, -0.2) is 0 Å². The maximum atomic E-state index is 5.18. The molecule has 23 heavy (non-hydrogen) atoms. The van der Waals surface area contributed by atoms with Gasteiger partial charge in [-0.3, -0.25) is 9.89 Å². The topological polar surface area (TPSA) is 24.8 Å². The first kappa shape index (κ1) is 15.8. The van der Waals surface area contributed by atoms with E-state index in [2.05, 4.69) is 47.4 Å². The lowest BCUT2D eigenvalue weighted by Crippen LogP contribution is -2.33. The molecule has 1 aliphatic rings. The third-order valence-electron chi connectivity index (χ3n) is 4.33. The molecule has 3 nitrogen and oxygen atoms in total. The quantitative estimate of drug-likeness (QED) is 0.836. The Morgan fingerprint density at radius 2 is 1.61 bits per heavy atom. The van der Waals surface area contributed by atoms with Crippen LogP contribution in [0.1, 0.15) is 24.0 Å².